The van der Waals surface area contributed by atoms with Crippen LogP contribution in [0.4, 0.5) is 0 Å². The van der Waals surface area contributed by atoms with Crippen LogP contribution in [0.2, 0.25) is 0 Å². The van der Waals surface area contributed by atoms with E-state index in [1.165, 1.54) is 0 Å². The normalized spacial score (nSPS) is 15.6. The lowest BCUT2D eigenvalue weighted by molar-refractivity contribution is 0.476. The minimum absolute atomic E-state index is 0.261. The smallest absolute Gasteiger partial charge is 0.347 e. The average molecular weight is 295 g/mol. The summed E-state index contributed by atoms with van der Waals surface area (Å²) in [6.07, 6.45) is 1.09. The van der Waals surface area contributed by atoms with Crippen LogP contribution in [0.5, 0.6) is 0 Å². The second-order valence-corrected chi connectivity index (χ2v) is 7.78. The van der Waals surface area contributed by atoms with Crippen molar-refractivity contribution in [1.29, 1.82) is 0 Å². The number of rotatable bonds is 2. The van der Waals surface area contributed by atoms with Gasteiger partial charge in [-0.3, -0.25) is 0 Å². The topological polar surface area (TPSA) is 89.6 Å². The summed E-state index contributed by atoms with van der Waals surface area (Å²) in [5.41, 5.74) is 0.874. The van der Waals surface area contributed by atoms with Crippen molar-refractivity contribution in [2.75, 3.05) is 6.26 Å². The first kappa shape index (κ1) is 12.3. The Morgan fingerprint density at radius 2 is 1.94 bits per heavy atom. The van der Waals surface area contributed by atoms with E-state index in [2.05, 4.69) is 8.75 Å². The Hall–Kier alpha value is -1.12. The van der Waals surface area contributed by atoms with Gasteiger partial charge >= 0.3 is 9.24 Å². The number of hydrogen-bond donors (Lipinski definition) is 0. The summed E-state index contributed by atoms with van der Waals surface area (Å²) in [6.45, 7) is 0. The van der Waals surface area contributed by atoms with Crippen LogP contribution >= 0.6 is 10.7 Å². The number of hydrogen-bond acceptors (Lipinski definition) is 5. The minimum atomic E-state index is -4.25. The van der Waals surface area contributed by atoms with Crippen LogP contribution < -0.4 is 0 Å². The van der Waals surface area contributed by atoms with Crippen molar-refractivity contribution < 1.29 is 17.0 Å². The molecule has 0 fully saturated rings. The van der Waals surface area contributed by atoms with Crippen LogP contribution in [0.25, 0.3) is 11.1 Å². The van der Waals surface area contributed by atoms with Gasteiger partial charge in [-0.05, 0) is 12.1 Å². The third-order valence-electron chi connectivity index (χ3n) is 1.83. The number of oxazole rings is 1. The Bertz CT molecular complexity index is 754. The first-order valence-corrected chi connectivity index (χ1v) is 8.50. The molecule has 1 aromatic heterocycles. The molecule has 1 atom stereocenters. The van der Waals surface area contributed by atoms with Crippen LogP contribution in [0.3, 0.4) is 0 Å². The molecule has 0 spiro atoms. The van der Waals surface area contributed by atoms with Gasteiger partial charge in [-0.1, -0.05) is 15.9 Å². The molecule has 1 unspecified atom stereocenters. The Morgan fingerprint density at radius 1 is 1.29 bits per heavy atom. The van der Waals surface area contributed by atoms with E-state index < -0.39 is 19.0 Å². The summed E-state index contributed by atoms with van der Waals surface area (Å²) in [5, 5.41) is -0.261. The van der Waals surface area contributed by atoms with Crippen LogP contribution in [0.1, 0.15) is 0 Å². The fourth-order valence-electron chi connectivity index (χ4n) is 1.21. The number of halogens is 1. The van der Waals surface area contributed by atoms with E-state index in [0.29, 0.717) is 11.1 Å². The van der Waals surface area contributed by atoms with Gasteiger partial charge in [0.2, 0.25) is 0 Å². The summed E-state index contributed by atoms with van der Waals surface area (Å²) < 4.78 is 41.7. The summed E-state index contributed by atoms with van der Waals surface area (Å²) >= 11 is 0. The van der Waals surface area contributed by atoms with Gasteiger partial charge in [-0.25, -0.2) is 9.19 Å². The lowest BCUT2D eigenvalue weighted by atomic mass is 10.3. The minimum Gasteiger partial charge on any atom is -0.429 e. The maximum absolute atomic E-state index is 12.0. The highest BCUT2D eigenvalue weighted by atomic mass is 35.7. The fourth-order valence-corrected chi connectivity index (χ4v) is 4.31. The lowest BCUT2D eigenvalue weighted by Gasteiger charge is -1.94. The Kier molecular flexibility index (Phi) is 2.88. The van der Waals surface area contributed by atoms with E-state index in [9.17, 15) is 12.6 Å². The molecule has 0 saturated carbocycles. The van der Waals surface area contributed by atoms with Crippen molar-refractivity contribution in [1.82, 2.24) is 4.98 Å². The van der Waals surface area contributed by atoms with Crippen molar-refractivity contribution in [2.45, 2.75) is 5.22 Å². The zero-order valence-electron chi connectivity index (χ0n) is 8.53. The van der Waals surface area contributed by atoms with Crippen molar-refractivity contribution >= 4 is 40.7 Å². The molecular weight excluding hydrogens is 288 g/mol. The van der Waals surface area contributed by atoms with Gasteiger partial charge in [-0.15, -0.1) is 0 Å². The molecule has 9 heteroatoms. The molecule has 2 aromatic rings. The number of fused-ring (bicyclic) bond motifs is 1. The second kappa shape index (κ2) is 3.97. The van der Waals surface area contributed by atoms with E-state index in [4.69, 9.17) is 15.1 Å². The predicted octanol–water partition coefficient (Wildman–Crippen LogP) is 1.77. The van der Waals surface area contributed by atoms with Gasteiger partial charge in [0.15, 0.2) is 5.58 Å². The number of para-hydroxylation sites is 2. The van der Waals surface area contributed by atoms with E-state index in [0.717, 1.165) is 6.26 Å². The quantitative estimate of drug-likeness (QED) is 0.787. The average Bonchev–Trinajstić information content (AvgIpc) is 2.57. The van der Waals surface area contributed by atoms with E-state index >= 15 is 0 Å². The monoisotopic (exact) mass is 294 g/mol. The number of benzene rings is 1. The van der Waals surface area contributed by atoms with E-state index in [-0.39, 0.29) is 5.22 Å². The molecule has 1 aromatic carbocycles. The van der Waals surface area contributed by atoms with Crippen LogP contribution in [0, 0.1) is 0 Å². The van der Waals surface area contributed by atoms with Crippen molar-refractivity contribution in [3.05, 3.63) is 24.3 Å². The van der Waals surface area contributed by atoms with Crippen molar-refractivity contribution in [2.24, 2.45) is 3.77 Å². The maximum Gasteiger partial charge on any atom is 0.347 e. The molecule has 0 aliphatic rings. The van der Waals surface area contributed by atoms with Crippen LogP contribution in [-0.4, -0.2) is 23.9 Å². The van der Waals surface area contributed by atoms with Crippen molar-refractivity contribution in [3.63, 3.8) is 0 Å². The molecule has 92 valence electrons. The van der Waals surface area contributed by atoms with Gasteiger partial charge in [-0.2, -0.15) is 8.42 Å². The first-order valence-electron chi connectivity index (χ1n) is 4.31. The van der Waals surface area contributed by atoms with Gasteiger partial charge < -0.3 is 4.42 Å². The molecule has 6 nitrogen and oxygen atoms in total. The third kappa shape index (κ3) is 2.76. The third-order valence-corrected chi connectivity index (χ3v) is 5.01. The molecule has 0 amide bonds. The summed E-state index contributed by atoms with van der Waals surface area (Å²) in [4.78, 5) is 3.91. The lowest BCUT2D eigenvalue weighted by Crippen LogP contribution is -2.00. The summed E-state index contributed by atoms with van der Waals surface area (Å²) in [5.74, 6) is 0. The van der Waals surface area contributed by atoms with Crippen molar-refractivity contribution in [3.8, 4) is 0 Å². The Balaban J connectivity index is 2.69. The molecule has 0 saturated heterocycles. The highest BCUT2D eigenvalue weighted by Gasteiger charge is 2.18. The zero-order chi connectivity index (χ0) is 12.7. The van der Waals surface area contributed by atoms with E-state index in [1.54, 1.807) is 24.3 Å². The number of nitrogens with zero attached hydrogens (tertiary/aromatic N) is 2. The zero-order valence-corrected chi connectivity index (χ0v) is 10.9. The van der Waals surface area contributed by atoms with Gasteiger partial charge in [0.1, 0.15) is 15.2 Å². The fraction of sp³-hybridized carbons (Fsp3) is 0.125. The van der Waals surface area contributed by atoms with Crippen LogP contribution in [-0.2, 0) is 19.0 Å². The molecule has 0 N–H and O–H groups in total. The standard InChI is InChI=1S/C8H7ClN2O4S2/c1-16(12,11-17(9,13)14)8-10-6-4-2-3-5-7(6)15-8/h2-5H,1H3. The molecule has 17 heavy (non-hydrogen) atoms. The van der Waals surface area contributed by atoms with Gasteiger partial charge in [0.25, 0.3) is 5.22 Å². The molecule has 0 bridgehead atoms. The first-order chi connectivity index (χ1) is 7.78. The largest absolute Gasteiger partial charge is 0.429 e. The summed E-state index contributed by atoms with van der Waals surface area (Å²) in [6, 6.07) is 6.70. The van der Waals surface area contributed by atoms with E-state index in [1.807, 2.05) is 0 Å². The highest BCUT2D eigenvalue weighted by molar-refractivity contribution is 8.17. The number of aromatic nitrogens is 1. The highest BCUT2D eigenvalue weighted by Crippen LogP contribution is 2.20. The Morgan fingerprint density at radius 3 is 2.53 bits per heavy atom. The Labute approximate surface area is 102 Å². The molecule has 2 rings (SSSR count). The second-order valence-electron chi connectivity index (χ2n) is 3.24. The predicted molar refractivity (Wildman–Crippen MR) is 63.5 cm³/mol. The molecule has 0 radical (unpaired) electrons. The molecule has 0 aliphatic heterocycles. The molecular formula is C8H7ClN2O4S2. The molecule has 1 heterocycles. The van der Waals surface area contributed by atoms with Crippen LogP contribution in [0.15, 0.2) is 37.7 Å². The van der Waals surface area contributed by atoms with Gasteiger partial charge in [0, 0.05) is 16.9 Å². The van der Waals surface area contributed by atoms with Gasteiger partial charge in [0.05, 0.1) is 0 Å². The molecule has 0 aliphatic carbocycles. The maximum atomic E-state index is 12.0. The summed E-state index contributed by atoms with van der Waals surface area (Å²) in [7, 11) is -2.62. The SMILES string of the molecule is CS(=O)(=NS(=O)(=O)Cl)c1nc2ccccc2o1.